The topological polar surface area (TPSA) is 34.0 Å². The molecule has 0 aliphatic heterocycles. The molecule has 0 aliphatic rings. The van der Waals surface area contributed by atoms with Crippen molar-refractivity contribution < 1.29 is 34.9 Å². The largest absolute Gasteiger partial charge is 0.417 e. The lowest BCUT2D eigenvalue weighted by Gasteiger charge is -2.26. The number of hydrogen-bond donors (Lipinski definition) is 1. The predicted molar refractivity (Wildman–Crippen MR) is 132 cm³/mol. The van der Waals surface area contributed by atoms with Crippen LogP contribution in [0.5, 0.6) is 0 Å². The molecule has 1 unspecified atom stereocenters. The summed E-state index contributed by atoms with van der Waals surface area (Å²) in [5, 5.41) is 0.110. The lowest BCUT2D eigenvalue weighted by atomic mass is 9.96. The third-order valence-corrected chi connectivity index (χ3v) is 7.15. The number of hydrogen-bond acceptors (Lipinski definition) is 1. The van der Waals surface area contributed by atoms with Gasteiger partial charge in [0.15, 0.2) is 0 Å². The van der Waals surface area contributed by atoms with Gasteiger partial charge in [0.2, 0.25) is 0 Å². The highest BCUT2D eigenvalue weighted by atomic mass is 32.2. The van der Waals surface area contributed by atoms with Gasteiger partial charge >= 0.3 is 12.4 Å². The van der Waals surface area contributed by atoms with Gasteiger partial charge < -0.3 is 4.57 Å². The van der Waals surface area contributed by atoms with Gasteiger partial charge in [-0.3, -0.25) is 0 Å². The third-order valence-electron chi connectivity index (χ3n) is 5.58. The van der Waals surface area contributed by atoms with Crippen molar-refractivity contribution >= 4 is 21.9 Å². The molecule has 1 heterocycles. The Morgan fingerprint density at radius 2 is 1.57 bits per heavy atom. The van der Waals surface area contributed by atoms with Crippen LogP contribution in [0.15, 0.2) is 42.6 Å². The average Bonchev–Trinajstić information content (AvgIpc) is 3.04. The number of rotatable bonds is 5. The number of halogens is 7. The van der Waals surface area contributed by atoms with E-state index in [0.717, 1.165) is 18.2 Å². The molecule has 0 radical (unpaired) electrons. The lowest BCUT2D eigenvalue weighted by Crippen LogP contribution is -2.41. The van der Waals surface area contributed by atoms with E-state index in [-0.39, 0.29) is 28.6 Å². The van der Waals surface area contributed by atoms with E-state index < -0.39 is 56.5 Å². The highest BCUT2D eigenvalue weighted by Crippen LogP contribution is 2.42. The Hall–Kier alpha value is -2.40. The van der Waals surface area contributed by atoms with Crippen LogP contribution in [-0.4, -0.2) is 19.7 Å². The maximum Gasteiger partial charge on any atom is 0.417 e. The van der Waals surface area contributed by atoms with Gasteiger partial charge in [-0.2, -0.15) is 26.3 Å². The van der Waals surface area contributed by atoms with Crippen LogP contribution < -0.4 is 4.72 Å². The molecule has 0 amide bonds. The van der Waals surface area contributed by atoms with E-state index in [1.165, 1.54) is 49.7 Å². The molecule has 3 aromatic rings. The summed E-state index contributed by atoms with van der Waals surface area (Å²) >= 11 is 0. The third kappa shape index (κ3) is 6.54. The van der Waals surface area contributed by atoms with Crippen molar-refractivity contribution in [1.29, 1.82) is 0 Å². The number of aromatic nitrogens is 1. The quantitative estimate of drug-likeness (QED) is 0.320. The number of nitrogens with one attached hydrogen (secondary N) is 1. The molecular formula is C26H29F7N2OS. The molecular weight excluding hydrogens is 521 g/mol. The molecule has 0 fully saturated rings. The van der Waals surface area contributed by atoms with Gasteiger partial charge in [-0.25, -0.2) is 13.3 Å². The molecule has 0 saturated heterocycles. The minimum Gasteiger partial charge on any atom is -0.347 e. The molecule has 204 valence electrons. The Bertz CT molecular complexity index is 1310. The highest BCUT2D eigenvalue weighted by Gasteiger charge is 2.44. The predicted octanol–water partition coefficient (Wildman–Crippen LogP) is 8.17. The average molecular weight is 551 g/mol. The van der Waals surface area contributed by atoms with E-state index in [0.29, 0.717) is 0 Å². The van der Waals surface area contributed by atoms with Crippen molar-refractivity contribution in [2.24, 2.45) is 5.41 Å². The molecule has 2 aromatic carbocycles. The highest BCUT2D eigenvalue weighted by molar-refractivity contribution is 7.84. The molecule has 0 saturated carbocycles. The van der Waals surface area contributed by atoms with E-state index in [1.807, 2.05) is 20.8 Å². The number of alkyl halides is 6. The first-order chi connectivity index (χ1) is 16.7. The fourth-order valence-corrected chi connectivity index (χ4v) is 4.82. The zero-order chi connectivity index (χ0) is 28.1. The van der Waals surface area contributed by atoms with Crippen molar-refractivity contribution in [2.75, 3.05) is 0 Å². The normalized spacial score (nSPS) is 15.3. The van der Waals surface area contributed by atoms with Gasteiger partial charge in [0.1, 0.15) is 11.9 Å². The fraction of sp³-hybridized carbons (Fsp3) is 0.462. The molecule has 2 atom stereocenters. The van der Waals surface area contributed by atoms with Crippen molar-refractivity contribution in [1.82, 2.24) is 9.29 Å². The SMILES string of the molecule is CC(C)(C)Cn1cc([C@H](NS(=O)C(C)(C)C)C(F)(F)F)c2ccc(-c3c(F)cccc3C(F)(F)F)cc21. The van der Waals surface area contributed by atoms with Gasteiger partial charge in [0, 0.05) is 34.8 Å². The maximum atomic E-state index is 14.7. The Balaban J connectivity index is 2.30. The molecule has 1 N–H and O–H groups in total. The summed E-state index contributed by atoms with van der Waals surface area (Å²) in [6.45, 7) is 10.4. The van der Waals surface area contributed by atoms with Gasteiger partial charge in [-0.15, -0.1) is 0 Å². The van der Waals surface area contributed by atoms with Crippen LogP contribution in [0.3, 0.4) is 0 Å². The monoisotopic (exact) mass is 550 g/mol. The molecule has 11 heteroatoms. The van der Waals surface area contributed by atoms with E-state index in [2.05, 4.69) is 4.72 Å². The summed E-state index contributed by atoms with van der Waals surface area (Å²) in [4.78, 5) is 0. The second kappa shape index (κ2) is 9.72. The van der Waals surface area contributed by atoms with E-state index in [9.17, 15) is 34.9 Å². The van der Waals surface area contributed by atoms with Crippen LogP contribution in [0.2, 0.25) is 0 Å². The molecule has 3 nitrogen and oxygen atoms in total. The van der Waals surface area contributed by atoms with Crippen LogP contribution in [0.1, 0.15) is 58.7 Å². The Kier molecular flexibility index (Phi) is 7.66. The van der Waals surface area contributed by atoms with E-state index in [1.54, 1.807) is 0 Å². The second-order valence-corrected chi connectivity index (χ2v) is 13.1. The number of nitrogens with zero attached hydrogens (tertiary/aromatic N) is 1. The summed E-state index contributed by atoms with van der Waals surface area (Å²) in [5.74, 6) is -1.10. The zero-order valence-corrected chi connectivity index (χ0v) is 22.1. The first kappa shape index (κ1) is 29.2. The minimum absolute atomic E-state index is 0.110. The summed E-state index contributed by atoms with van der Waals surface area (Å²) in [6, 6.07) is 4.01. The van der Waals surface area contributed by atoms with Crippen molar-refractivity contribution in [3.8, 4) is 11.1 Å². The van der Waals surface area contributed by atoms with Crippen LogP contribution in [0.25, 0.3) is 22.0 Å². The second-order valence-electron chi connectivity index (χ2n) is 11.1. The molecule has 0 aliphatic carbocycles. The maximum absolute atomic E-state index is 14.7. The molecule has 3 rings (SSSR count). The Morgan fingerprint density at radius 1 is 0.946 bits per heavy atom. The first-order valence-electron chi connectivity index (χ1n) is 11.4. The summed E-state index contributed by atoms with van der Waals surface area (Å²) in [7, 11) is -2.07. The molecule has 0 bridgehead atoms. The van der Waals surface area contributed by atoms with Crippen molar-refractivity contribution in [3.05, 3.63) is 59.5 Å². The number of benzene rings is 2. The summed E-state index contributed by atoms with van der Waals surface area (Å²) < 4.78 is 114. The minimum atomic E-state index is -4.84. The zero-order valence-electron chi connectivity index (χ0n) is 21.2. The van der Waals surface area contributed by atoms with Crippen molar-refractivity contribution in [3.63, 3.8) is 0 Å². The van der Waals surface area contributed by atoms with Gasteiger partial charge in [-0.1, -0.05) is 39.0 Å². The Morgan fingerprint density at radius 3 is 2.08 bits per heavy atom. The molecule has 1 aromatic heterocycles. The van der Waals surface area contributed by atoms with Gasteiger partial charge in [0.25, 0.3) is 0 Å². The summed E-state index contributed by atoms with van der Waals surface area (Å²) in [6.07, 6.45) is -8.39. The van der Waals surface area contributed by atoms with Crippen LogP contribution in [-0.2, 0) is 23.7 Å². The van der Waals surface area contributed by atoms with Crippen LogP contribution >= 0.6 is 0 Å². The standard InChI is InChI=1S/C26H29F7N2OS/c1-23(2,3)14-35-13-17(22(26(31,32)33)34-37(36)24(4,5)6)16-11-10-15(12-20(16)35)21-18(25(28,29)30)8-7-9-19(21)27/h7-13,22,34H,14H2,1-6H3/t22-,37?/m0/s1. The number of fused-ring (bicyclic) bond motifs is 1. The van der Waals surface area contributed by atoms with Crippen LogP contribution in [0.4, 0.5) is 30.7 Å². The van der Waals surface area contributed by atoms with Crippen molar-refractivity contribution in [2.45, 2.75) is 71.2 Å². The lowest BCUT2D eigenvalue weighted by molar-refractivity contribution is -0.152. The molecule has 0 spiro atoms. The summed E-state index contributed by atoms with van der Waals surface area (Å²) in [5.41, 5.74) is -2.41. The Labute approximate surface area is 213 Å². The van der Waals surface area contributed by atoms with E-state index in [4.69, 9.17) is 0 Å². The van der Waals surface area contributed by atoms with Gasteiger partial charge in [-0.05, 0) is 49.9 Å². The smallest absolute Gasteiger partial charge is 0.347 e. The van der Waals surface area contributed by atoms with Crippen LogP contribution in [0, 0.1) is 11.2 Å². The van der Waals surface area contributed by atoms with E-state index >= 15 is 0 Å². The fourth-order valence-electron chi connectivity index (χ4n) is 3.99. The first-order valence-corrected chi connectivity index (χ1v) is 12.6. The molecule has 37 heavy (non-hydrogen) atoms. The van der Waals surface area contributed by atoms with Gasteiger partial charge in [0.05, 0.1) is 21.3 Å².